The minimum Gasteiger partial charge on any atom is -0.465 e. The van der Waals surface area contributed by atoms with E-state index in [1.807, 2.05) is 19.1 Å². The van der Waals surface area contributed by atoms with Crippen LogP contribution < -0.4 is 4.74 Å². The van der Waals surface area contributed by atoms with Crippen molar-refractivity contribution in [3.05, 3.63) is 42.0 Å². The Morgan fingerprint density at radius 3 is 2.00 bits per heavy atom. The molecule has 1 N–H and O–H groups in total. The van der Waals surface area contributed by atoms with Crippen molar-refractivity contribution in [3.8, 4) is 5.75 Å². The van der Waals surface area contributed by atoms with Gasteiger partial charge in [0.2, 0.25) is 0 Å². The number of ether oxygens (including phenoxy) is 2. The maximum atomic E-state index is 5.78. The van der Waals surface area contributed by atoms with Crippen molar-refractivity contribution in [1.82, 2.24) is 0 Å². The van der Waals surface area contributed by atoms with Crippen LogP contribution in [0.1, 0.15) is 60.5 Å². The summed E-state index contributed by atoms with van der Waals surface area (Å²) in [7, 11) is 0. The first-order chi connectivity index (χ1) is 9.93. The number of rotatable bonds is 8. The molecule has 0 aromatic heterocycles. The van der Waals surface area contributed by atoms with Gasteiger partial charge >= 0.3 is 0 Å². The molecule has 23 heavy (non-hydrogen) atoms. The zero-order valence-corrected chi connectivity index (χ0v) is 14.7. The summed E-state index contributed by atoms with van der Waals surface area (Å²) in [4.78, 5) is 0. The average Bonchev–Trinajstić information content (AvgIpc) is 2.43. The predicted octanol–water partition coefficient (Wildman–Crippen LogP) is 5.86. The van der Waals surface area contributed by atoms with E-state index in [0.29, 0.717) is 17.8 Å². The molecule has 0 aliphatic carbocycles. The average molecular weight is 323 g/mol. The summed E-state index contributed by atoms with van der Waals surface area (Å²) in [5, 5.41) is 0. The third kappa shape index (κ3) is 8.77. The summed E-state index contributed by atoms with van der Waals surface area (Å²) >= 11 is 0. The molecule has 0 aliphatic rings. The van der Waals surface area contributed by atoms with E-state index in [9.17, 15) is 0 Å². The standard InChI is InChI=1S/C19H30O2.CH4.HO/c1-7-8-19(15(4)5)17-9-11-18(12-10-17)21-16(6)20-13-14(2)3;;/h7-12,14-16,19H,13H2,1-6H3;1H4;1H/b8-7-;;. The van der Waals surface area contributed by atoms with Crippen molar-refractivity contribution in [3.63, 3.8) is 0 Å². The first-order valence-corrected chi connectivity index (χ1v) is 7.95. The van der Waals surface area contributed by atoms with Crippen LogP contribution >= 0.6 is 0 Å². The van der Waals surface area contributed by atoms with Crippen molar-refractivity contribution in [1.29, 1.82) is 0 Å². The van der Waals surface area contributed by atoms with Crippen LogP contribution in [0, 0.1) is 11.8 Å². The molecule has 2 unspecified atom stereocenters. The SMILES string of the molecule is C.C/C=C\C(c1ccc(OC(C)OCC(C)C)cc1)C(C)C.[OH]. The summed E-state index contributed by atoms with van der Waals surface area (Å²) in [6, 6.07) is 8.36. The van der Waals surface area contributed by atoms with Gasteiger partial charge in [0.25, 0.3) is 0 Å². The Kier molecular flexibility index (Phi) is 12.6. The van der Waals surface area contributed by atoms with E-state index < -0.39 is 0 Å². The van der Waals surface area contributed by atoms with Gasteiger partial charge in [-0.3, -0.25) is 5.48 Å². The fraction of sp³-hybridized carbons (Fsp3) is 0.600. The maximum absolute atomic E-state index is 5.78. The molecule has 1 rings (SSSR count). The molecule has 0 saturated carbocycles. The van der Waals surface area contributed by atoms with Crippen molar-refractivity contribution in [2.45, 2.75) is 61.2 Å². The molecule has 2 atom stereocenters. The largest absolute Gasteiger partial charge is 0.465 e. The second-order valence-corrected chi connectivity index (χ2v) is 6.28. The van der Waals surface area contributed by atoms with E-state index in [4.69, 9.17) is 9.47 Å². The fourth-order valence-corrected chi connectivity index (χ4v) is 2.25. The molecular formula is C20H35O3. The van der Waals surface area contributed by atoms with E-state index in [1.165, 1.54) is 5.56 Å². The fourth-order valence-electron chi connectivity index (χ4n) is 2.25. The quantitative estimate of drug-likeness (QED) is 0.481. The van der Waals surface area contributed by atoms with E-state index in [2.05, 4.69) is 58.9 Å². The Balaban J connectivity index is 0. The molecule has 3 heteroatoms. The first kappa shape index (κ1) is 23.9. The van der Waals surface area contributed by atoms with Crippen molar-refractivity contribution in [2.75, 3.05) is 6.61 Å². The lowest BCUT2D eigenvalue weighted by atomic mass is 9.88. The Morgan fingerprint density at radius 1 is 1.00 bits per heavy atom. The van der Waals surface area contributed by atoms with Gasteiger partial charge < -0.3 is 9.47 Å². The van der Waals surface area contributed by atoms with Crippen LogP contribution in [0.3, 0.4) is 0 Å². The third-order valence-electron chi connectivity index (χ3n) is 3.35. The van der Waals surface area contributed by atoms with Gasteiger partial charge in [-0.2, -0.15) is 0 Å². The van der Waals surface area contributed by atoms with Crippen molar-refractivity contribution >= 4 is 0 Å². The van der Waals surface area contributed by atoms with Crippen LogP contribution in [0.4, 0.5) is 0 Å². The smallest absolute Gasteiger partial charge is 0.196 e. The molecule has 0 bridgehead atoms. The lowest BCUT2D eigenvalue weighted by Gasteiger charge is -2.19. The molecule has 0 heterocycles. The van der Waals surface area contributed by atoms with E-state index in [1.54, 1.807) is 0 Å². The number of hydrogen-bond acceptors (Lipinski definition) is 2. The molecule has 1 aromatic rings. The zero-order valence-electron chi connectivity index (χ0n) is 14.7. The second-order valence-electron chi connectivity index (χ2n) is 6.28. The van der Waals surface area contributed by atoms with Gasteiger partial charge in [-0.1, -0.05) is 59.4 Å². The van der Waals surface area contributed by atoms with Gasteiger partial charge in [0.15, 0.2) is 6.29 Å². The van der Waals surface area contributed by atoms with Gasteiger partial charge in [-0.05, 0) is 43.4 Å². The van der Waals surface area contributed by atoms with Gasteiger partial charge in [0.05, 0.1) is 6.61 Å². The highest BCUT2D eigenvalue weighted by Gasteiger charge is 2.12. The van der Waals surface area contributed by atoms with Crippen LogP contribution in [-0.2, 0) is 4.74 Å². The normalized spacial score (nSPS) is 13.6. The number of benzene rings is 1. The monoisotopic (exact) mass is 323 g/mol. The van der Waals surface area contributed by atoms with Crippen molar-refractivity contribution in [2.24, 2.45) is 11.8 Å². The van der Waals surface area contributed by atoms with Crippen LogP contribution in [0.15, 0.2) is 36.4 Å². The van der Waals surface area contributed by atoms with Crippen LogP contribution in [0.2, 0.25) is 0 Å². The van der Waals surface area contributed by atoms with Gasteiger partial charge in [0.1, 0.15) is 5.75 Å². The van der Waals surface area contributed by atoms with Crippen LogP contribution in [0.5, 0.6) is 5.75 Å². The van der Waals surface area contributed by atoms with Crippen LogP contribution in [0.25, 0.3) is 0 Å². The van der Waals surface area contributed by atoms with Crippen molar-refractivity contribution < 1.29 is 14.9 Å². The maximum Gasteiger partial charge on any atom is 0.196 e. The van der Waals surface area contributed by atoms with Gasteiger partial charge in [-0.25, -0.2) is 0 Å². The Hall–Kier alpha value is -1.32. The van der Waals surface area contributed by atoms with Gasteiger partial charge in [0, 0.05) is 5.92 Å². The topological polar surface area (TPSA) is 48.5 Å². The molecule has 0 fully saturated rings. The molecular weight excluding hydrogens is 288 g/mol. The first-order valence-electron chi connectivity index (χ1n) is 7.95. The second kappa shape index (κ2) is 12.1. The summed E-state index contributed by atoms with van der Waals surface area (Å²) in [6.45, 7) is 13.5. The summed E-state index contributed by atoms with van der Waals surface area (Å²) < 4.78 is 11.4. The van der Waals surface area contributed by atoms with Crippen LogP contribution in [-0.4, -0.2) is 18.4 Å². The Labute approximate surface area is 143 Å². The molecule has 0 amide bonds. The highest BCUT2D eigenvalue weighted by atomic mass is 16.7. The molecule has 1 aromatic carbocycles. The number of allylic oxidation sites excluding steroid dienone is 2. The molecule has 133 valence electrons. The predicted molar refractivity (Wildman–Crippen MR) is 98.4 cm³/mol. The summed E-state index contributed by atoms with van der Waals surface area (Å²) in [5.41, 5.74) is 1.33. The zero-order chi connectivity index (χ0) is 15.8. The Morgan fingerprint density at radius 2 is 1.57 bits per heavy atom. The summed E-state index contributed by atoms with van der Waals surface area (Å²) in [6.07, 6.45) is 4.17. The molecule has 0 aliphatic heterocycles. The highest BCUT2D eigenvalue weighted by molar-refractivity contribution is 5.31. The van der Waals surface area contributed by atoms with E-state index in [-0.39, 0.29) is 19.2 Å². The summed E-state index contributed by atoms with van der Waals surface area (Å²) in [5.74, 6) is 2.42. The third-order valence-corrected chi connectivity index (χ3v) is 3.35. The molecule has 0 saturated heterocycles. The lowest BCUT2D eigenvalue weighted by Crippen LogP contribution is -2.19. The molecule has 1 radical (unpaired) electrons. The molecule has 0 spiro atoms. The van der Waals surface area contributed by atoms with E-state index >= 15 is 0 Å². The number of hydrogen-bond donors (Lipinski definition) is 1. The lowest BCUT2D eigenvalue weighted by molar-refractivity contribution is -0.0755. The van der Waals surface area contributed by atoms with E-state index in [0.717, 1.165) is 12.4 Å². The minimum absolute atomic E-state index is 0. The molecule has 3 nitrogen and oxygen atoms in total. The minimum atomic E-state index is -0.213. The Bertz CT molecular complexity index is 421. The highest BCUT2D eigenvalue weighted by Crippen LogP contribution is 2.27. The van der Waals surface area contributed by atoms with Gasteiger partial charge in [-0.15, -0.1) is 0 Å².